The van der Waals surface area contributed by atoms with Gasteiger partial charge in [0.25, 0.3) is 0 Å². The molecule has 0 aromatic heterocycles. The highest BCUT2D eigenvalue weighted by molar-refractivity contribution is 6.03. The number of carbonyl (C=O) groups is 2. The predicted octanol–water partition coefficient (Wildman–Crippen LogP) is -2.26. The van der Waals surface area contributed by atoms with Crippen molar-refractivity contribution < 1.29 is 24.5 Å². The van der Waals surface area contributed by atoms with Crippen LogP contribution in [-0.4, -0.2) is 72.4 Å². The van der Waals surface area contributed by atoms with Crippen LogP contribution in [0.15, 0.2) is 24.3 Å². The van der Waals surface area contributed by atoms with Crippen LogP contribution in [0.5, 0.6) is 0 Å². The lowest BCUT2D eigenvalue weighted by Gasteiger charge is -2.56. The lowest BCUT2D eigenvalue weighted by Crippen LogP contribution is -2.93. The molecule has 4 bridgehead atoms. The number of aliphatic hydroxyl groups excluding tert-OH is 2. The molecule has 27 heavy (non-hydrogen) atoms. The van der Waals surface area contributed by atoms with Crippen molar-refractivity contribution in [1.82, 2.24) is 21.3 Å². The minimum absolute atomic E-state index is 0.00798. The lowest BCUT2D eigenvalue weighted by atomic mass is 9.84. The monoisotopic (exact) mass is 378 g/mol. The second-order valence-electron chi connectivity index (χ2n) is 6.82. The number of nitrogens with one attached hydrogen (secondary N) is 4. The standard InChI is InChI=1S/C14H16N4O2.C4H10O3/c1-7-3-2-4-8(5-7)6-14-10(20)13-15-11(17-14)9(19)12(16-13)18-14;5-1-3-7-4-2-6/h2-5,11-13,15-18H,6H2,1H3;5-6H,1-4H2. The van der Waals surface area contributed by atoms with E-state index in [1.807, 2.05) is 25.1 Å². The molecular weight excluding hydrogens is 352 g/mol. The summed E-state index contributed by atoms with van der Waals surface area (Å²) < 4.78 is 4.63. The number of Topliss-reactive ketones (excluding diaryl/α,β-unsaturated/α-hetero) is 2. The second kappa shape index (κ2) is 8.53. The van der Waals surface area contributed by atoms with Crippen LogP contribution in [0.2, 0.25) is 0 Å². The van der Waals surface area contributed by atoms with Gasteiger partial charge in [0.05, 0.1) is 26.4 Å². The summed E-state index contributed by atoms with van der Waals surface area (Å²) >= 11 is 0. The molecule has 9 heteroatoms. The highest BCUT2D eigenvalue weighted by atomic mass is 16.5. The zero-order chi connectivity index (χ0) is 19.4. The fourth-order valence-corrected chi connectivity index (χ4v) is 3.56. The fraction of sp³-hybridized carbons (Fsp3) is 0.556. The molecular formula is C18H26N4O5. The summed E-state index contributed by atoms with van der Waals surface area (Å²) in [4.78, 5) is 24.5. The summed E-state index contributed by atoms with van der Waals surface area (Å²) in [5.41, 5.74) is 1.39. The normalized spacial score (nSPS) is 31.0. The molecule has 4 aliphatic rings. The molecule has 0 saturated carbocycles. The van der Waals surface area contributed by atoms with E-state index in [0.29, 0.717) is 19.6 Å². The van der Waals surface area contributed by atoms with Crippen molar-refractivity contribution in [2.24, 2.45) is 0 Å². The van der Waals surface area contributed by atoms with Gasteiger partial charge in [0.1, 0.15) is 24.2 Å². The minimum atomic E-state index is -0.849. The number of ketones is 2. The van der Waals surface area contributed by atoms with Crippen LogP contribution in [0.4, 0.5) is 0 Å². The quantitative estimate of drug-likeness (QED) is 0.304. The number of hydrogen-bond acceptors (Lipinski definition) is 9. The Morgan fingerprint density at radius 2 is 1.67 bits per heavy atom. The molecule has 4 fully saturated rings. The summed E-state index contributed by atoms with van der Waals surface area (Å²) in [7, 11) is 0. The van der Waals surface area contributed by atoms with Crippen molar-refractivity contribution in [3.8, 4) is 0 Å². The van der Waals surface area contributed by atoms with Gasteiger partial charge >= 0.3 is 0 Å². The number of hydrogen-bond donors (Lipinski definition) is 6. The van der Waals surface area contributed by atoms with Crippen LogP contribution >= 0.6 is 0 Å². The Morgan fingerprint density at radius 3 is 2.22 bits per heavy atom. The van der Waals surface area contributed by atoms with Gasteiger partial charge in [0, 0.05) is 6.42 Å². The van der Waals surface area contributed by atoms with Crippen molar-refractivity contribution in [1.29, 1.82) is 0 Å². The third-order valence-electron chi connectivity index (χ3n) is 4.72. The van der Waals surface area contributed by atoms with Gasteiger partial charge in [0.15, 0.2) is 11.6 Å². The number of carbonyl (C=O) groups excluding carboxylic acids is 2. The van der Waals surface area contributed by atoms with Crippen LogP contribution in [-0.2, 0) is 20.7 Å². The third kappa shape index (κ3) is 4.25. The van der Waals surface area contributed by atoms with E-state index in [2.05, 4.69) is 32.1 Å². The summed E-state index contributed by atoms with van der Waals surface area (Å²) in [5, 5.41) is 28.4. The van der Waals surface area contributed by atoms with E-state index in [4.69, 9.17) is 10.2 Å². The molecule has 4 heterocycles. The fourth-order valence-electron chi connectivity index (χ4n) is 3.56. The molecule has 1 aromatic rings. The number of ether oxygens (including phenoxy) is 1. The lowest BCUT2D eigenvalue weighted by molar-refractivity contribution is -0.154. The molecule has 9 nitrogen and oxygen atoms in total. The smallest absolute Gasteiger partial charge is 0.199 e. The van der Waals surface area contributed by atoms with Gasteiger partial charge in [-0.3, -0.25) is 30.9 Å². The Hall–Kier alpha value is -1.72. The molecule has 0 amide bonds. The predicted molar refractivity (Wildman–Crippen MR) is 96.5 cm³/mol. The van der Waals surface area contributed by atoms with Crippen molar-refractivity contribution in [3.05, 3.63) is 35.4 Å². The van der Waals surface area contributed by atoms with Crippen molar-refractivity contribution >= 4 is 11.6 Å². The van der Waals surface area contributed by atoms with Gasteiger partial charge in [-0.05, 0) is 12.5 Å². The molecule has 4 saturated heterocycles. The van der Waals surface area contributed by atoms with Gasteiger partial charge in [0.2, 0.25) is 0 Å². The number of aliphatic hydroxyl groups is 2. The average Bonchev–Trinajstić information content (AvgIpc) is 2.63. The van der Waals surface area contributed by atoms with Crippen LogP contribution in [0, 0.1) is 6.92 Å². The van der Waals surface area contributed by atoms with Crippen LogP contribution in [0.1, 0.15) is 11.1 Å². The Bertz CT molecular complexity index is 676. The Morgan fingerprint density at radius 1 is 1.04 bits per heavy atom. The van der Waals surface area contributed by atoms with E-state index in [0.717, 1.165) is 11.1 Å². The second-order valence-corrected chi connectivity index (χ2v) is 6.82. The zero-order valence-electron chi connectivity index (χ0n) is 15.2. The molecule has 1 aromatic carbocycles. The summed E-state index contributed by atoms with van der Waals surface area (Å²) in [6.07, 6.45) is -0.812. The summed E-state index contributed by atoms with van der Waals surface area (Å²) in [5.74, 6) is 0.0209. The van der Waals surface area contributed by atoms with Gasteiger partial charge in [-0.15, -0.1) is 0 Å². The topological polar surface area (TPSA) is 132 Å². The molecule has 0 spiro atoms. The first-order valence-corrected chi connectivity index (χ1v) is 8.99. The molecule has 0 radical (unpaired) electrons. The SMILES string of the molecule is Cc1cccc(CC23NC4NC(NC(N2)C4=O)C3=O)c1.OCCOCCO. The highest BCUT2D eigenvalue weighted by Gasteiger charge is 2.59. The average molecular weight is 378 g/mol. The summed E-state index contributed by atoms with van der Waals surface area (Å²) in [6.45, 7) is 2.72. The maximum atomic E-state index is 12.5. The van der Waals surface area contributed by atoms with Gasteiger partial charge in [-0.2, -0.15) is 0 Å². The van der Waals surface area contributed by atoms with Crippen molar-refractivity contribution in [3.63, 3.8) is 0 Å². The third-order valence-corrected chi connectivity index (χ3v) is 4.72. The number of rotatable bonds is 6. The first-order chi connectivity index (χ1) is 13.0. The molecule has 6 N–H and O–H groups in total. The van der Waals surface area contributed by atoms with Crippen molar-refractivity contribution in [2.45, 2.75) is 37.5 Å². The van der Waals surface area contributed by atoms with E-state index in [1.165, 1.54) is 0 Å². The minimum Gasteiger partial charge on any atom is -0.394 e. The Balaban J connectivity index is 0.000000260. The number of benzene rings is 1. The van der Waals surface area contributed by atoms with Crippen LogP contribution < -0.4 is 21.3 Å². The van der Waals surface area contributed by atoms with Gasteiger partial charge in [-0.1, -0.05) is 29.8 Å². The molecule has 4 aliphatic heterocycles. The highest BCUT2D eigenvalue weighted by Crippen LogP contribution is 2.26. The molecule has 5 rings (SSSR count). The van der Waals surface area contributed by atoms with Gasteiger partial charge < -0.3 is 14.9 Å². The van der Waals surface area contributed by atoms with E-state index in [1.54, 1.807) is 0 Å². The molecule has 2 unspecified atom stereocenters. The van der Waals surface area contributed by atoms with Crippen LogP contribution in [0.3, 0.4) is 0 Å². The summed E-state index contributed by atoms with van der Waals surface area (Å²) in [6, 6.07) is 8.08. The largest absolute Gasteiger partial charge is 0.394 e. The van der Waals surface area contributed by atoms with E-state index in [9.17, 15) is 9.59 Å². The van der Waals surface area contributed by atoms with E-state index >= 15 is 0 Å². The zero-order valence-corrected chi connectivity index (χ0v) is 15.2. The molecule has 0 aliphatic carbocycles. The van der Waals surface area contributed by atoms with Crippen LogP contribution in [0.25, 0.3) is 0 Å². The maximum absolute atomic E-state index is 12.5. The molecule has 148 valence electrons. The van der Waals surface area contributed by atoms with Gasteiger partial charge in [-0.25, -0.2) is 0 Å². The first kappa shape index (κ1) is 20.0. The van der Waals surface area contributed by atoms with Crippen molar-refractivity contribution in [2.75, 3.05) is 26.4 Å². The van der Waals surface area contributed by atoms with E-state index in [-0.39, 0.29) is 24.8 Å². The Labute approximate surface area is 157 Å². The Kier molecular flexibility index (Phi) is 6.33. The number of aryl methyl sites for hydroxylation is 1. The van der Waals surface area contributed by atoms with E-state index < -0.39 is 24.2 Å². The first-order valence-electron chi connectivity index (χ1n) is 8.99. The maximum Gasteiger partial charge on any atom is 0.199 e. The molecule has 2 atom stereocenters.